The number of carbonyl (C=O) groups excluding carboxylic acids is 5. The zero-order chi connectivity index (χ0) is 40.6. The molecule has 7 rings (SSSR count). The Morgan fingerprint density at radius 3 is 2.30 bits per heavy atom. The van der Waals surface area contributed by atoms with Gasteiger partial charge in [0.1, 0.15) is 29.3 Å². The highest BCUT2D eigenvalue weighted by molar-refractivity contribution is 7.91. The lowest BCUT2D eigenvalue weighted by Crippen LogP contribution is -2.59. The van der Waals surface area contributed by atoms with E-state index in [0.29, 0.717) is 38.8 Å². The first-order valence-corrected chi connectivity index (χ1v) is 21.5. The molecule has 5 amide bonds. The number of sulfonamides is 1. The van der Waals surface area contributed by atoms with E-state index in [1.165, 1.54) is 4.90 Å². The van der Waals surface area contributed by atoms with E-state index in [4.69, 9.17) is 9.47 Å². The zero-order valence-corrected chi connectivity index (χ0v) is 33.6. The monoisotopic (exact) mass is 803 g/mol. The summed E-state index contributed by atoms with van der Waals surface area (Å²) in [6.07, 6.45) is 5.73. The van der Waals surface area contributed by atoms with Crippen LogP contribution in [0.2, 0.25) is 0 Å². The third-order valence-corrected chi connectivity index (χ3v) is 13.8. The van der Waals surface area contributed by atoms with Gasteiger partial charge in [0.2, 0.25) is 21.8 Å². The SMILES string of the molecule is CC(C)(C)OC(=O)N[C@H]1CCCCC/C=C\[C@H]2C[C@]2(C(=O)NS(=O)(=O)C2(Cc3ccccc3)CC2)NC(=O)[C@@H]2C[C@@H](OC(=O)N3Cc4ccccc4C3)CN2C1=O. The van der Waals surface area contributed by atoms with Crippen LogP contribution in [0.4, 0.5) is 9.59 Å². The van der Waals surface area contributed by atoms with Gasteiger partial charge in [-0.25, -0.2) is 18.0 Å². The van der Waals surface area contributed by atoms with E-state index in [1.54, 1.807) is 25.7 Å². The number of fused-ring (bicyclic) bond motifs is 3. The number of ether oxygens (including phenoxy) is 2. The number of alkyl carbamates (subject to hydrolysis) is 1. The Morgan fingerprint density at radius 1 is 0.947 bits per heavy atom. The number of allylic oxidation sites excluding steroid dienone is 1. The van der Waals surface area contributed by atoms with Gasteiger partial charge in [-0.1, -0.05) is 79.6 Å². The smallest absolute Gasteiger partial charge is 0.410 e. The minimum atomic E-state index is -4.15. The summed E-state index contributed by atoms with van der Waals surface area (Å²) in [4.78, 5) is 72.4. The predicted molar refractivity (Wildman–Crippen MR) is 210 cm³/mol. The van der Waals surface area contributed by atoms with Gasteiger partial charge in [0, 0.05) is 25.4 Å². The highest BCUT2D eigenvalue weighted by atomic mass is 32.2. The maximum Gasteiger partial charge on any atom is 0.410 e. The normalized spacial score (nSPS) is 27.6. The Morgan fingerprint density at radius 2 is 1.63 bits per heavy atom. The molecule has 1 saturated heterocycles. The first kappa shape index (κ1) is 40.3. The fraction of sp³-hybridized carbons (Fsp3) is 0.548. The van der Waals surface area contributed by atoms with Crippen LogP contribution >= 0.6 is 0 Å². The zero-order valence-electron chi connectivity index (χ0n) is 32.8. The van der Waals surface area contributed by atoms with Gasteiger partial charge in [-0.05, 0) is 82.4 Å². The van der Waals surface area contributed by atoms with Gasteiger partial charge in [-0.3, -0.25) is 24.0 Å². The Hall–Kier alpha value is -4.92. The van der Waals surface area contributed by atoms with E-state index in [-0.39, 0.29) is 32.2 Å². The molecule has 0 spiro atoms. The van der Waals surface area contributed by atoms with Crippen molar-refractivity contribution in [3.63, 3.8) is 0 Å². The number of nitrogens with zero attached hydrogens (tertiary/aromatic N) is 2. The largest absolute Gasteiger partial charge is 0.444 e. The minimum Gasteiger partial charge on any atom is -0.444 e. The molecule has 57 heavy (non-hydrogen) atoms. The van der Waals surface area contributed by atoms with Crippen molar-refractivity contribution < 1.29 is 41.9 Å². The van der Waals surface area contributed by atoms with Crippen molar-refractivity contribution in [2.24, 2.45) is 5.92 Å². The molecule has 5 atom stereocenters. The van der Waals surface area contributed by atoms with Crippen molar-refractivity contribution in [3.8, 4) is 0 Å². The third kappa shape index (κ3) is 8.98. The molecular formula is C42H53N5O9S. The molecule has 14 nitrogen and oxygen atoms in total. The molecule has 15 heteroatoms. The van der Waals surface area contributed by atoms with Crippen LogP contribution in [-0.4, -0.2) is 88.7 Å². The van der Waals surface area contributed by atoms with Crippen LogP contribution < -0.4 is 15.4 Å². The van der Waals surface area contributed by atoms with E-state index in [2.05, 4.69) is 15.4 Å². The molecule has 306 valence electrons. The molecule has 0 radical (unpaired) electrons. The van der Waals surface area contributed by atoms with E-state index in [1.807, 2.05) is 66.7 Å². The summed E-state index contributed by atoms with van der Waals surface area (Å²) in [5.74, 6) is -2.55. The fourth-order valence-electron chi connectivity index (χ4n) is 8.26. The van der Waals surface area contributed by atoms with Gasteiger partial charge >= 0.3 is 12.2 Å². The second kappa shape index (κ2) is 15.8. The maximum atomic E-state index is 14.5. The van der Waals surface area contributed by atoms with E-state index in [0.717, 1.165) is 29.5 Å². The van der Waals surface area contributed by atoms with Crippen molar-refractivity contribution in [2.75, 3.05) is 6.54 Å². The Kier molecular flexibility index (Phi) is 11.2. The maximum absolute atomic E-state index is 14.5. The summed E-state index contributed by atoms with van der Waals surface area (Å²) in [5.41, 5.74) is 0.447. The quantitative estimate of drug-likeness (QED) is 0.337. The second-order valence-corrected chi connectivity index (χ2v) is 19.3. The summed E-state index contributed by atoms with van der Waals surface area (Å²) in [6, 6.07) is 14.7. The van der Waals surface area contributed by atoms with Crippen LogP contribution in [0.1, 0.15) is 95.2 Å². The first-order valence-electron chi connectivity index (χ1n) is 20.0. The van der Waals surface area contributed by atoms with Crippen molar-refractivity contribution in [1.29, 1.82) is 0 Å². The number of nitrogens with one attached hydrogen (secondary N) is 3. The lowest BCUT2D eigenvalue weighted by atomic mass is 10.0. The van der Waals surface area contributed by atoms with Crippen LogP contribution in [0.5, 0.6) is 0 Å². The molecule has 3 fully saturated rings. The molecule has 2 aromatic carbocycles. The third-order valence-electron chi connectivity index (χ3n) is 11.7. The van der Waals surface area contributed by atoms with Crippen molar-refractivity contribution in [1.82, 2.24) is 25.2 Å². The molecule has 0 unspecified atom stereocenters. The molecule has 5 aliphatic rings. The van der Waals surface area contributed by atoms with E-state index < -0.39 is 79.9 Å². The summed E-state index contributed by atoms with van der Waals surface area (Å²) < 4.78 is 40.4. The number of benzene rings is 2. The molecular weight excluding hydrogens is 751 g/mol. The lowest BCUT2D eigenvalue weighted by molar-refractivity contribution is -0.141. The molecule has 0 aromatic heterocycles. The average Bonchev–Trinajstić information content (AvgIpc) is 3.97. The van der Waals surface area contributed by atoms with Crippen LogP contribution in [0, 0.1) is 5.92 Å². The summed E-state index contributed by atoms with van der Waals surface area (Å²) in [7, 11) is -4.15. The highest BCUT2D eigenvalue weighted by Gasteiger charge is 2.64. The Balaban J connectivity index is 1.13. The molecule has 3 N–H and O–H groups in total. The van der Waals surface area contributed by atoms with Crippen molar-refractivity contribution in [3.05, 3.63) is 83.4 Å². The Labute approximate surface area is 334 Å². The van der Waals surface area contributed by atoms with Crippen molar-refractivity contribution in [2.45, 2.75) is 132 Å². The van der Waals surface area contributed by atoms with Gasteiger partial charge in [0.15, 0.2) is 0 Å². The predicted octanol–water partition coefficient (Wildman–Crippen LogP) is 4.62. The minimum absolute atomic E-state index is 0.0695. The number of rotatable bonds is 7. The van der Waals surface area contributed by atoms with E-state index in [9.17, 15) is 32.4 Å². The standard InChI is InChI=1S/C42H53N5O9S/c1-40(2,3)56-38(51)43-33-19-11-6-4-5-10-18-31-24-42(31,37(50)45-57(53,54)41(20-21-41)23-28-14-8-7-9-15-28)44-35(48)34-22-32(27-47(34)36(33)49)55-39(52)46-25-29-16-12-13-17-30(29)26-46/h7-10,12-18,31-34H,4-6,11,19-27H2,1-3H3,(H,43,51)(H,44,48)(H,45,50)/b18-10-/t31-,32+,33-,34-,42-/m0/s1. The average molecular weight is 804 g/mol. The van der Waals surface area contributed by atoms with Gasteiger partial charge in [-0.15, -0.1) is 0 Å². The van der Waals surface area contributed by atoms with Crippen LogP contribution in [0.3, 0.4) is 0 Å². The van der Waals surface area contributed by atoms with Gasteiger partial charge in [0.25, 0.3) is 5.91 Å². The first-order chi connectivity index (χ1) is 27.1. The number of hydrogen-bond acceptors (Lipinski definition) is 9. The van der Waals surface area contributed by atoms with Crippen LogP contribution in [-0.2, 0) is 53.4 Å². The Bertz CT molecular complexity index is 2000. The number of amides is 5. The number of carbonyl (C=O) groups is 5. The van der Waals surface area contributed by atoms with Gasteiger partial charge in [0.05, 0.1) is 11.3 Å². The fourth-order valence-corrected chi connectivity index (χ4v) is 9.90. The number of hydrogen-bond donors (Lipinski definition) is 3. The van der Waals surface area contributed by atoms with Crippen molar-refractivity contribution >= 4 is 39.9 Å². The molecule has 2 aromatic rings. The summed E-state index contributed by atoms with van der Waals surface area (Å²) in [6.45, 7) is 5.74. The topological polar surface area (TPSA) is 181 Å². The van der Waals surface area contributed by atoms with Gasteiger partial charge < -0.3 is 25.0 Å². The molecule has 2 saturated carbocycles. The van der Waals surface area contributed by atoms with Gasteiger partial charge in [-0.2, -0.15) is 0 Å². The molecule has 3 aliphatic heterocycles. The lowest BCUT2D eigenvalue weighted by Gasteiger charge is -2.30. The highest BCUT2D eigenvalue weighted by Crippen LogP contribution is 2.49. The molecule has 2 aliphatic carbocycles. The second-order valence-electron chi connectivity index (χ2n) is 17.2. The summed E-state index contributed by atoms with van der Waals surface area (Å²) >= 11 is 0. The summed E-state index contributed by atoms with van der Waals surface area (Å²) in [5, 5.41) is 5.59. The van der Waals surface area contributed by atoms with E-state index >= 15 is 0 Å². The molecule has 3 heterocycles. The molecule has 0 bridgehead atoms. The van der Waals surface area contributed by atoms with Crippen LogP contribution in [0.15, 0.2) is 66.7 Å². The van der Waals surface area contributed by atoms with Crippen LogP contribution in [0.25, 0.3) is 0 Å².